The van der Waals surface area contributed by atoms with Gasteiger partial charge in [0.2, 0.25) is 5.91 Å². The molecule has 1 heterocycles. The minimum atomic E-state index is -1.10. The number of hydrogen-bond acceptors (Lipinski definition) is 2. The Morgan fingerprint density at radius 1 is 1.06 bits per heavy atom. The summed E-state index contributed by atoms with van der Waals surface area (Å²) in [5.74, 6) is -1.33. The number of rotatable bonds is 2. The second kappa shape index (κ2) is 5.49. The Morgan fingerprint density at radius 2 is 1.61 bits per heavy atom. The maximum Gasteiger partial charge on any atom is 0.328 e. The fraction of sp³-hybridized carbons (Fsp3) is 0.286. The highest BCUT2D eigenvalue weighted by molar-refractivity contribution is 5.93. The number of carboxylic acid groups (broad SMARTS) is 1. The smallest absolute Gasteiger partial charge is 0.328 e. The van der Waals surface area contributed by atoms with E-state index in [4.69, 9.17) is 5.11 Å². The van der Waals surface area contributed by atoms with Gasteiger partial charge in [0.25, 0.3) is 0 Å². The van der Waals surface area contributed by atoms with Gasteiger partial charge in [-0.05, 0) is 24.0 Å². The number of fused-ring (bicyclic) bond motifs is 1. The van der Waals surface area contributed by atoms with Gasteiger partial charge in [-0.25, -0.2) is 4.79 Å². The molecule has 0 aromatic heterocycles. The minimum absolute atomic E-state index is 0.231. The molecule has 0 bridgehead atoms. The first-order chi connectivity index (χ1) is 8.66. The van der Waals surface area contributed by atoms with Gasteiger partial charge in [0.05, 0.1) is 0 Å². The first-order valence-corrected chi connectivity index (χ1v) is 5.93. The molecule has 1 aliphatic rings. The third-order valence-corrected chi connectivity index (χ3v) is 3.10. The lowest BCUT2D eigenvalue weighted by Crippen LogP contribution is -2.31. The third-order valence-electron chi connectivity index (χ3n) is 3.10. The second-order valence-corrected chi connectivity index (χ2v) is 4.27. The summed E-state index contributed by atoms with van der Waals surface area (Å²) in [5.41, 5.74) is 2.55. The van der Waals surface area contributed by atoms with Crippen LogP contribution in [0.5, 0.6) is 0 Å². The van der Waals surface area contributed by atoms with E-state index in [1.165, 1.54) is 11.1 Å². The SMILES string of the molecule is O=C(O)C=CC(=O)N1CCc2ccccc2CC1. The van der Waals surface area contributed by atoms with Gasteiger partial charge in [-0.15, -0.1) is 0 Å². The number of hydrogen-bond donors (Lipinski definition) is 1. The van der Waals surface area contributed by atoms with Crippen LogP contribution >= 0.6 is 0 Å². The highest BCUT2D eigenvalue weighted by Crippen LogP contribution is 2.15. The lowest BCUT2D eigenvalue weighted by Gasteiger charge is -2.17. The molecule has 4 nitrogen and oxygen atoms in total. The summed E-state index contributed by atoms with van der Waals surface area (Å²) >= 11 is 0. The maximum absolute atomic E-state index is 11.8. The minimum Gasteiger partial charge on any atom is -0.478 e. The number of carboxylic acids is 1. The quantitative estimate of drug-likeness (QED) is 0.798. The van der Waals surface area contributed by atoms with Crippen LogP contribution < -0.4 is 0 Å². The van der Waals surface area contributed by atoms with Gasteiger partial charge in [-0.3, -0.25) is 4.79 Å². The van der Waals surface area contributed by atoms with Gasteiger partial charge in [0, 0.05) is 25.2 Å². The predicted octanol–water partition coefficient (Wildman–Crippen LogP) is 1.25. The highest BCUT2D eigenvalue weighted by atomic mass is 16.4. The molecule has 1 aliphatic heterocycles. The first kappa shape index (κ1) is 12.4. The zero-order chi connectivity index (χ0) is 13.0. The zero-order valence-corrected chi connectivity index (χ0v) is 10.0. The molecule has 0 unspecified atom stereocenters. The zero-order valence-electron chi connectivity index (χ0n) is 10.0. The topological polar surface area (TPSA) is 57.6 Å². The van der Waals surface area contributed by atoms with Crippen molar-refractivity contribution in [2.24, 2.45) is 0 Å². The van der Waals surface area contributed by atoms with Gasteiger partial charge in [-0.2, -0.15) is 0 Å². The number of carbonyl (C=O) groups excluding carboxylic acids is 1. The third kappa shape index (κ3) is 2.97. The number of aliphatic carboxylic acids is 1. The van der Waals surface area contributed by atoms with Gasteiger partial charge in [-0.1, -0.05) is 24.3 Å². The summed E-state index contributed by atoms with van der Waals surface area (Å²) in [6, 6.07) is 8.16. The molecule has 1 aromatic carbocycles. The van der Waals surface area contributed by atoms with Crippen molar-refractivity contribution in [2.45, 2.75) is 12.8 Å². The van der Waals surface area contributed by atoms with Gasteiger partial charge in [0.1, 0.15) is 0 Å². The van der Waals surface area contributed by atoms with Crippen LogP contribution in [-0.2, 0) is 22.4 Å². The molecule has 2 rings (SSSR count). The van der Waals surface area contributed by atoms with Crippen LogP contribution in [0, 0.1) is 0 Å². The maximum atomic E-state index is 11.8. The predicted molar refractivity (Wildman–Crippen MR) is 67.2 cm³/mol. The Morgan fingerprint density at radius 3 is 2.11 bits per heavy atom. The number of carbonyl (C=O) groups is 2. The van der Waals surface area contributed by atoms with E-state index >= 15 is 0 Å². The summed E-state index contributed by atoms with van der Waals surface area (Å²) in [7, 11) is 0. The molecule has 0 saturated carbocycles. The highest BCUT2D eigenvalue weighted by Gasteiger charge is 2.16. The number of benzene rings is 1. The molecule has 1 N–H and O–H groups in total. The summed E-state index contributed by atoms with van der Waals surface area (Å²) in [4.78, 5) is 23.9. The molecule has 94 valence electrons. The van der Waals surface area contributed by atoms with Crippen molar-refractivity contribution in [1.29, 1.82) is 0 Å². The Labute approximate surface area is 106 Å². The largest absolute Gasteiger partial charge is 0.478 e. The van der Waals surface area contributed by atoms with Crippen molar-refractivity contribution < 1.29 is 14.7 Å². The van der Waals surface area contributed by atoms with E-state index in [0.717, 1.165) is 25.0 Å². The Hall–Kier alpha value is -2.10. The van der Waals surface area contributed by atoms with E-state index < -0.39 is 5.97 Å². The van der Waals surface area contributed by atoms with E-state index in [9.17, 15) is 9.59 Å². The van der Waals surface area contributed by atoms with Crippen LogP contribution in [-0.4, -0.2) is 35.0 Å². The number of nitrogens with zero attached hydrogens (tertiary/aromatic N) is 1. The van der Waals surface area contributed by atoms with Crippen molar-refractivity contribution in [1.82, 2.24) is 4.90 Å². The van der Waals surface area contributed by atoms with Crippen LogP contribution in [0.3, 0.4) is 0 Å². The van der Waals surface area contributed by atoms with Crippen LogP contribution in [0.15, 0.2) is 36.4 Å². The molecule has 0 fully saturated rings. The number of amides is 1. The van der Waals surface area contributed by atoms with Crippen molar-refractivity contribution in [3.8, 4) is 0 Å². The van der Waals surface area contributed by atoms with Crippen LogP contribution in [0.2, 0.25) is 0 Å². The van der Waals surface area contributed by atoms with E-state index in [1.54, 1.807) is 4.90 Å². The van der Waals surface area contributed by atoms with Crippen molar-refractivity contribution in [2.75, 3.05) is 13.1 Å². The molecule has 4 heteroatoms. The molecule has 0 saturated heterocycles. The second-order valence-electron chi connectivity index (χ2n) is 4.27. The van der Waals surface area contributed by atoms with Crippen LogP contribution in [0.4, 0.5) is 0 Å². The molecular formula is C14H15NO3. The average Bonchev–Trinajstić information content (AvgIpc) is 2.58. The van der Waals surface area contributed by atoms with Crippen molar-refractivity contribution in [3.05, 3.63) is 47.5 Å². The van der Waals surface area contributed by atoms with E-state index in [-0.39, 0.29) is 5.91 Å². The molecule has 0 spiro atoms. The monoisotopic (exact) mass is 245 g/mol. The summed E-state index contributed by atoms with van der Waals surface area (Å²) < 4.78 is 0. The fourth-order valence-corrected chi connectivity index (χ4v) is 2.14. The average molecular weight is 245 g/mol. The molecule has 0 atom stereocenters. The van der Waals surface area contributed by atoms with Crippen molar-refractivity contribution in [3.63, 3.8) is 0 Å². The van der Waals surface area contributed by atoms with Crippen LogP contribution in [0.25, 0.3) is 0 Å². The molecule has 18 heavy (non-hydrogen) atoms. The summed E-state index contributed by atoms with van der Waals surface area (Å²) in [6.45, 7) is 1.28. The molecule has 0 aliphatic carbocycles. The van der Waals surface area contributed by atoms with Crippen LogP contribution in [0.1, 0.15) is 11.1 Å². The van der Waals surface area contributed by atoms with Gasteiger partial charge >= 0.3 is 5.97 Å². The standard InChI is InChI=1S/C14H15NO3/c16-13(5-6-14(17)18)15-9-7-11-3-1-2-4-12(11)8-10-15/h1-6H,7-10H2,(H,17,18). The molecule has 1 aromatic rings. The van der Waals surface area contributed by atoms with Crippen molar-refractivity contribution >= 4 is 11.9 Å². The van der Waals surface area contributed by atoms with Gasteiger partial charge in [0.15, 0.2) is 0 Å². The normalized spacial score (nSPS) is 15.2. The first-order valence-electron chi connectivity index (χ1n) is 5.93. The molecule has 1 amide bonds. The lowest BCUT2D eigenvalue weighted by molar-refractivity contribution is -0.132. The molecular weight excluding hydrogens is 230 g/mol. The lowest BCUT2D eigenvalue weighted by atomic mass is 10.0. The van der Waals surface area contributed by atoms with Gasteiger partial charge < -0.3 is 10.0 Å². The molecule has 0 radical (unpaired) electrons. The summed E-state index contributed by atoms with van der Waals surface area (Å²) in [6.07, 6.45) is 3.66. The Balaban J connectivity index is 2.04. The Kier molecular flexibility index (Phi) is 3.77. The summed E-state index contributed by atoms with van der Waals surface area (Å²) in [5, 5.41) is 8.50. The fourth-order valence-electron chi connectivity index (χ4n) is 2.14. The Bertz CT molecular complexity index is 467. The van der Waals surface area contributed by atoms with E-state index in [1.807, 2.05) is 12.1 Å². The van der Waals surface area contributed by atoms with E-state index in [2.05, 4.69) is 12.1 Å². The van der Waals surface area contributed by atoms with E-state index in [0.29, 0.717) is 13.1 Å².